The maximum atomic E-state index is 12.6. The molecular formula is C19H22ClN3O2. The average Bonchev–Trinajstić information content (AvgIpc) is 3.15. The number of hydrogen-bond acceptors (Lipinski definition) is 4. The van der Waals surface area contributed by atoms with Crippen LogP contribution in [-0.4, -0.2) is 26.1 Å². The highest BCUT2D eigenvalue weighted by atomic mass is 35.5. The molecule has 0 saturated carbocycles. The van der Waals surface area contributed by atoms with Crippen molar-refractivity contribution in [2.75, 3.05) is 20.2 Å². The van der Waals surface area contributed by atoms with Gasteiger partial charge < -0.3 is 10.1 Å². The summed E-state index contributed by atoms with van der Waals surface area (Å²) in [5.74, 6) is 0.905. The first-order valence-corrected chi connectivity index (χ1v) is 8.67. The van der Waals surface area contributed by atoms with Crippen LogP contribution in [0.3, 0.4) is 0 Å². The van der Waals surface area contributed by atoms with Gasteiger partial charge in [-0.2, -0.15) is 0 Å². The van der Waals surface area contributed by atoms with Crippen LogP contribution in [-0.2, 0) is 0 Å². The van der Waals surface area contributed by atoms with E-state index >= 15 is 0 Å². The van der Waals surface area contributed by atoms with Crippen LogP contribution in [0, 0.1) is 0 Å². The molecule has 0 radical (unpaired) electrons. The van der Waals surface area contributed by atoms with Crippen molar-refractivity contribution >= 4 is 17.5 Å². The minimum absolute atomic E-state index is 0.153. The Kier molecular flexibility index (Phi) is 5.58. The predicted octanol–water partition coefficient (Wildman–Crippen LogP) is 3.03. The SMILES string of the molecule is COc1cc(C(=O)N[C@H](C)c2ccccc2Cl)ccc1C1CNNC1. The van der Waals surface area contributed by atoms with Crippen molar-refractivity contribution in [2.45, 2.75) is 18.9 Å². The molecule has 1 atom stereocenters. The number of hydrazine groups is 1. The van der Waals surface area contributed by atoms with Gasteiger partial charge in [0, 0.05) is 29.6 Å². The van der Waals surface area contributed by atoms with E-state index in [9.17, 15) is 4.79 Å². The minimum Gasteiger partial charge on any atom is -0.496 e. The molecule has 2 aromatic rings. The first-order chi connectivity index (χ1) is 12.1. The standard InChI is InChI=1S/C19H22ClN3O2/c1-12(15-5-3-4-6-17(15)20)23-19(24)13-7-8-16(18(9-13)25-2)14-10-21-22-11-14/h3-9,12,14,21-22H,10-11H2,1-2H3,(H,23,24)/t12-/m1/s1. The number of benzene rings is 2. The summed E-state index contributed by atoms with van der Waals surface area (Å²) in [5.41, 5.74) is 8.78. The van der Waals surface area contributed by atoms with Gasteiger partial charge in [0.25, 0.3) is 5.91 Å². The molecule has 1 aliphatic heterocycles. The zero-order chi connectivity index (χ0) is 17.8. The second kappa shape index (κ2) is 7.87. The Bertz CT molecular complexity index is 760. The fourth-order valence-corrected chi connectivity index (χ4v) is 3.36. The van der Waals surface area contributed by atoms with Crippen LogP contribution in [0.1, 0.15) is 40.4 Å². The third-order valence-corrected chi connectivity index (χ3v) is 4.82. The highest BCUT2D eigenvalue weighted by Crippen LogP contribution is 2.29. The van der Waals surface area contributed by atoms with Gasteiger partial charge in [-0.3, -0.25) is 15.6 Å². The molecule has 0 bridgehead atoms. The number of carbonyl (C=O) groups is 1. The van der Waals surface area contributed by atoms with Crippen LogP contribution < -0.4 is 20.9 Å². The maximum Gasteiger partial charge on any atom is 0.251 e. The topological polar surface area (TPSA) is 62.4 Å². The van der Waals surface area contributed by atoms with E-state index in [2.05, 4.69) is 16.2 Å². The highest BCUT2D eigenvalue weighted by molar-refractivity contribution is 6.31. The highest BCUT2D eigenvalue weighted by Gasteiger charge is 2.22. The molecule has 1 amide bonds. The Morgan fingerprint density at radius 2 is 1.96 bits per heavy atom. The number of carbonyl (C=O) groups excluding carboxylic acids is 1. The van der Waals surface area contributed by atoms with Gasteiger partial charge in [-0.1, -0.05) is 35.9 Å². The molecule has 3 N–H and O–H groups in total. The average molecular weight is 360 g/mol. The largest absolute Gasteiger partial charge is 0.496 e. The molecule has 1 fully saturated rings. The third-order valence-electron chi connectivity index (χ3n) is 4.48. The molecule has 0 spiro atoms. The lowest BCUT2D eigenvalue weighted by molar-refractivity contribution is 0.0939. The summed E-state index contributed by atoms with van der Waals surface area (Å²) < 4.78 is 5.50. The van der Waals surface area contributed by atoms with Crippen molar-refractivity contribution in [1.29, 1.82) is 0 Å². The number of halogens is 1. The minimum atomic E-state index is -0.185. The van der Waals surface area contributed by atoms with E-state index in [-0.39, 0.29) is 11.9 Å². The Morgan fingerprint density at radius 3 is 2.64 bits per heavy atom. The van der Waals surface area contributed by atoms with Crippen molar-refractivity contribution in [3.8, 4) is 5.75 Å². The fraction of sp³-hybridized carbons (Fsp3) is 0.316. The molecule has 3 rings (SSSR count). The number of rotatable bonds is 5. The maximum absolute atomic E-state index is 12.6. The number of amides is 1. The van der Waals surface area contributed by atoms with Crippen LogP contribution in [0.25, 0.3) is 0 Å². The fourth-order valence-electron chi connectivity index (χ4n) is 3.06. The van der Waals surface area contributed by atoms with Gasteiger partial charge in [0.05, 0.1) is 13.2 Å². The zero-order valence-electron chi connectivity index (χ0n) is 14.3. The Hall–Kier alpha value is -2.08. The predicted molar refractivity (Wildman–Crippen MR) is 99.1 cm³/mol. The summed E-state index contributed by atoms with van der Waals surface area (Å²) in [6.07, 6.45) is 0. The second-order valence-electron chi connectivity index (χ2n) is 6.13. The Morgan fingerprint density at radius 1 is 1.24 bits per heavy atom. The van der Waals surface area contributed by atoms with Gasteiger partial charge in [-0.05, 0) is 36.2 Å². The van der Waals surface area contributed by atoms with Crippen molar-refractivity contribution < 1.29 is 9.53 Å². The van der Waals surface area contributed by atoms with E-state index in [1.807, 2.05) is 43.3 Å². The molecule has 2 aromatic carbocycles. The van der Waals surface area contributed by atoms with E-state index in [0.29, 0.717) is 16.5 Å². The van der Waals surface area contributed by atoms with Crippen molar-refractivity contribution in [2.24, 2.45) is 0 Å². The first-order valence-electron chi connectivity index (χ1n) is 8.29. The molecule has 1 saturated heterocycles. The lowest BCUT2D eigenvalue weighted by Crippen LogP contribution is -2.27. The van der Waals surface area contributed by atoms with E-state index in [1.165, 1.54) is 0 Å². The summed E-state index contributed by atoms with van der Waals surface area (Å²) in [5, 5.41) is 3.63. The summed E-state index contributed by atoms with van der Waals surface area (Å²) in [6.45, 7) is 3.59. The van der Waals surface area contributed by atoms with Gasteiger partial charge in [0.1, 0.15) is 5.75 Å². The summed E-state index contributed by atoms with van der Waals surface area (Å²) >= 11 is 6.21. The molecule has 5 nitrogen and oxygen atoms in total. The molecule has 25 heavy (non-hydrogen) atoms. The summed E-state index contributed by atoms with van der Waals surface area (Å²) in [4.78, 5) is 12.6. The first kappa shape index (κ1) is 17.7. The lowest BCUT2D eigenvalue weighted by atomic mass is 9.97. The third kappa shape index (κ3) is 3.95. The van der Waals surface area contributed by atoms with Gasteiger partial charge in [-0.15, -0.1) is 0 Å². The van der Waals surface area contributed by atoms with Crippen LogP contribution in [0.4, 0.5) is 0 Å². The Labute approximate surface area is 152 Å². The molecule has 1 aliphatic rings. The van der Waals surface area contributed by atoms with Crippen molar-refractivity contribution in [3.63, 3.8) is 0 Å². The van der Waals surface area contributed by atoms with E-state index in [1.54, 1.807) is 13.2 Å². The quantitative estimate of drug-likeness (QED) is 0.768. The lowest BCUT2D eigenvalue weighted by Gasteiger charge is -2.17. The molecule has 132 valence electrons. The van der Waals surface area contributed by atoms with Crippen LogP contribution >= 0.6 is 11.6 Å². The van der Waals surface area contributed by atoms with E-state index in [4.69, 9.17) is 16.3 Å². The van der Waals surface area contributed by atoms with Gasteiger partial charge in [0.2, 0.25) is 0 Å². The monoisotopic (exact) mass is 359 g/mol. The molecular weight excluding hydrogens is 338 g/mol. The van der Waals surface area contributed by atoms with Crippen LogP contribution in [0.2, 0.25) is 5.02 Å². The normalized spacial score (nSPS) is 15.8. The molecule has 6 heteroatoms. The van der Waals surface area contributed by atoms with Gasteiger partial charge >= 0.3 is 0 Å². The Balaban J connectivity index is 1.77. The van der Waals surface area contributed by atoms with Crippen LogP contribution in [0.15, 0.2) is 42.5 Å². The number of hydrogen-bond donors (Lipinski definition) is 3. The van der Waals surface area contributed by atoms with Gasteiger partial charge in [-0.25, -0.2) is 0 Å². The van der Waals surface area contributed by atoms with E-state index in [0.717, 1.165) is 30.0 Å². The molecule has 0 aromatic heterocycles. The molecule has 1 heterocycles. The van der Waals surface area contributed by atoms with E-state index < -0.39 is 0 Å². The zero-order valence-corrected chi connectivity index (χ0v) is 15.1. The summed E-state index contributed by atoms with van der Waals surface area (Å²) in [7, 11) is 1.63. The molecule has 0 unspecified atom stereocenters. The number of ether oxygens (including phenoxy) is 1. The summed E-state index contributed by atoms with van der Waals surface area (Å²) in [6, 6.07) is 12.9. The second-order valence-corrected chi connectivity index (χ2v) is 6.54. The van der Waals surface area contributed by atoms with Crippen molar-refractivity contribution in [1.82, 2.24) is 16.2 Å². The number of nitrogens with one attached hydrogen (secondary N) is 3. The smallest absolute Gasteiger partial charge is 0.251 e. The van der Waals surface area contributed by atoms with Gasteiger partial charge in [0.15, 0.2) is 0 Å². The van der Waals surface area contributed by atoms with Crippen molar-refractivity contribution in [3.05, 3.63) is 64.2 Å². The molecule has 0 aliphatic carbocycles. The van der Waals surface area contributed by atoms with Crippen LogP contribution in [0.5, 0.6) is 5.75 Å². The number of methoxy groups -OCH3 is 1.